The van der Waals surface area contributed by atoms with Gasteiger partial charge in [0.25, 0.3) is 10.0 Å². The molecule has 0 unspecified atom stereocenters. The van der Waals surface area contributed by atoms with E-state index in [4.69, 9.17) is 0 Å². The average molecular weight is 391 g/mol. The second kappa shape index (κ2) is 8.22. The number of piperidine rings is 1. The Kier molecular flexibility index (Phi) is 5.96. The predicted octanol–water partition coefficient (Wildman–Crippen LogP) is 2.50. The predicted molar refractivity (Wildman–Crippen MR) is 104 cm³/mol. The Hall–Kier alpha value is -2.19. The number of amides is 1. The van der Waals surface area contributed by atoms with Crippen molar-refractivity contribution in [2.45, 2.75) is 44.7 Å². The quantitative estimate of drug-likeness (QED) is 0.821. The number of rotatable bonds is 6. The summed E-state index contributed by atoms with van der Waals surface area (Å²) < 4.78 is 28.6. The molecule has 7 nitrogen and oxygen atoms in total. The van der Waals surface area contributed by atoms with Gasteiger partial charge >= 0.3 is 0 Å². The second-order valence-electron chi connectivity index (χ2n) is 6.72. The van der Waals surface area contributed by atoms with Crippen molar-refractivity contribution in [3.05, 3.63) is 42.4 Å². The van der Waals surface area contributed by atoms with Gasteiger partial charge in [0.2, 0.25) is 5.91 Å². The number of aryl methyl sites for hydroxylation is 2. The number of hydrogen-bond acceptors (Lipinski definition) is 4. The number of nitrogens with zero attached hydrogens (tertiary/aromatic N) is 3. The van der Waals surface area contributed by atoms with Crippen LogP contribution in [0.1, 0.15) is 32.3 Å². The molecule has 0 aliphatic carbocycles. The monoisotopic (exact) mass is 390 g/mol. The van der Waals surface area contributed by atoms with E-state index in [1.807, 2.05) is 38.1 Å². The number of carbonyl (C=O) groups is 1. The summed E-state index contributed by atoms with van der Waals surface area (Å²) in [5.41, 5.74) is 1.93. The van der Waals surface area contributed by atoms with Gasteiger partial charge in [-0.2, -0.15) is 4.31 Å². The number of aromatic nitrogens is 2. The number of para-hydroxylation sites is 1. The molecule has 1 aromatic heterocycles. The Morgan fingerprint density at radius 2 is 1.93 bits per heavy atom. The van der Waals surface area contributed by atoms with Crippen LogP contribution in [0.3, 0.4) is 0 Å². The summed E-state index contributed by atoms with van der Waals surface area (Å²) in [6.45, 7) is 5.31. The van der Waals surface area contributed by atoms with Crippen molar-refractivity contribution in [2.24, 2.45) is 5.92 Å². The fraction of sp³-hybridized carbons (Fsp3) is 0.474. The lowest BCUT2D eigenvalue weighted by atomic mass is 9.97. The third kappa shape index (κ3) is 4.22. The molecule has 1 N–H and O–H groups in total. The highest BCUT2D eigenvalue weighted by Gasteiger charge is 2.33. The van der Waals surface area contributed by atoms with Crippen LogP contribution in [0.2, 0.25) is 0 Å². The van der Waals surface area contributed by atoms with Crippen LogP contribution in [0.25, 0.3) is 0 Å². The van der Waals surface area contributed by atoms with E-state index in [0.717, 1.165) is 17.7 Å². The van der Waals surface area contributed by atoms with E-state index in [0.29, 0.717) is 32.5 Å². The van der Waals surface area contributed by atoms with Crippen LogP contribution >= 0.6 is 0 Å². The zero-order valence-electron chi connectivity index (χ0n) is 15.8. The van der Waals surface area contributed by atoms with E-state index in [1.165, 1.54) is 10.6 Å². The van der Waals surface area contributed by atoms with Gasteiger partial charge in [-0.05, 0) is 37.8 Å². The Morgan fingerprint density at radius 1 is 1.22 bits per heavy atom. The highest BCUT2D eigenvalue weighted by Crippen LogP contribution is 2.25. The summed E-state index contributed by atoms with van der Waals surface area (Å²) in [5, 5.41) is 3.08. The lowest BCUT2D eigenvalue weighted by Crippen LogP contribution is -2.41. The minimum atomic E-state index is -3.60. The minimum Gasteiger partial charge on any atom is -0.336 e. The van der Waals surface area contributed by atoms with Crippen molar-refractivity contribution in [2.75, 3.05) is 18.4 Å². The second-order valence-corrected chi connectivity index (χ2v) is 8.61. The average Bonchev–Trinajstić information content (AvgIpc) is 3.18. The molecule has 2 aromatic rings. The third-order valence-corrected chi connectivity index (χ3v) is 6.84. The first-order chi connectivity index (χ1) is 13.0. The van der Waals surface area contributed by atoms with Crippen molar-refractivity contribution in [1.82, 2.24) is 13.9 Å². The minimum absolute atomic E-state index is 0.0387. The highest BCUT2D eigenvalue weighted by atomic mass is 32.2. The van der Waals surface area contributed by atoms with Gasteiger partial charge in [0, 0.05) is 37.4 Å². The number of hydrogen-bond donors (Lipinski definition) is 1. The van der Waals surface area contributed by atoms with Gasteiger partial charge in [-0.3, -0.25) is 4.79 Å². The first-order valence-corrected chi connectivity index (χ1v) is 10.8. The molecule has 27 heavy (non-hydrogen) atoms. The highest BCUT2D eigenvalue weighted by molar-refractivity contribution is 7.89. The van der Waals surface area contributed by atoms with E-state index < -0.39 is 10.0 Å². The lowest BCUT2D eigenvalue weighted by Gasteiger charge is -2.30. The maximum atomic E-state index is 12.7. The molecular weight excluding hydrogens is 364 g/mol. The number of carbonyl (C=O) groups excluding carboxylic acids is 1. The Labute approximate surface area is 160 Å². The molecule has 1 aromatic carbocycles. The first-order valence-electron chi connectivity index (χ1n) is 9.36. The topological polar surface area (TPSA) is 84.3 Å². The van der Waals surface area contributed by atoms with Gasteiger partial charge < -0.3 is 9.88 Å². The maximum absolute atomic E-state index is 12.7. The van der Waals surface area contributed by atoms with Gasteiger partial charge in [0.15, 0.2) is 5.03 Å². The van der Waals surface area contributed by atoms with E-state index in [9.17, 15) is 13.2 Å². The van der Waals surface area contributed by atoms with Gasteiger partial charge in [-0.15, -0.1) is 0 Å². The van der Waals surface area contributed by atoms with Crippen molar-refractivity contribution in [1.29, 1.82) is 0 Å². The number of benzene rings is 1. The summed E-state index contributed by atoms with van der Waals surface area (Å²) >= 11 is 0. The third-order valence-electron chi connectivity index (χ3n) is 5.06. The van der Waals surface area contributed by atoms with Crippen LogP contribution in [0.15, 0.2) is 41.8 Å². The Balaban J connectivity index is 1.62. The van der Waals surface area contributed by atoms with Crippen LogP contribution < -0.4 is 5.32 Å². The lowest BCUT2D eigenvalue weighted by molar-refractivity contribution is -0.120. The summed E-state index contributed by atoms with van der Waals surface area (Å²) in [6, 6.07) is 7.76. The molecule has 0 bridgehead atoms. The fourth-order valence-electron chi connectivity index (χ4n) is 3.32. The van der Waals surface area contributed by atoms with Gasteiger partial charge in [-0.1, -0.05) is 25.1 Å². The molecule has 1 aliphatic heterocycles. The zero-order chi connectivity index (χ0) is 19.4. The molecule has 0 saturated carbocycles. The summed E-state index contributed by atoms with van der Waals surface area (Å²) in [5.74, 6) is -0.224. The largest absolute Gasteiger partial charge is 0.336 e. The molecule has 1 amide bonds. The summed E-state index contributed by atoms with van der Waals surface area (Å²) in [4.78, 5) is 16.6. The molecule has 2 heterocycles. The van der Waals surface area contributed by atoms with E-state index in [-0.39, 0.29) is 16.9 Å². The number of sulfonamides is 1. The number of imidazole rings is 1. The molecule has 0 atom stereocenters. The van der Waals surface area contributed by atoms with Crippen LogP contribution in [0.4, 0.5) is 5.69 Å². The van der Waals surface area contributed by atoms with Crippen molar-refractivity contribution in [3.8, 4) is 0 Å². The van der Waals surface area contributed by atoms with E-state index >= 15 is 0 Å². The molecule has 8 heteroatoms. The number of anilines is 1. The summed E-state index contributed by atoms with van der Waals surface area (Å²) in [7, 11) is -3.60. The fourth-order valence-corrected chi connectivity index (χ4v) is 4.73. The molecule has 3 rings (SSSR count). The molecular formula is C19H26N4O3S. The smallest absolute Gasteiger partial charge is 0.262 e. The summed E-state index contributed by atoms with van der Waals surface area (Å²) in [6.07, 6.45) is 4.94. The van der Waals surface area contributed by atoms with Crippen LogP contribution in [0.5, 0.6) is 0 Å². The van der Waals surface area contributed by atoms with Crippen molar-refractivity contribution >= 4 is 21.6 Å². The maximum Gasteiger partial charge on any atom is 0.262 e. The molecule has 1 aliphatic rings. The SMILES string of the molecule is CCc1ccccc1NC(=O)C1CCN(S(=O)(=O)c2cn(CC)cn2)CC1. The van der Waals surface area contributed by atoms with Crippen LogP contribution in [0, 0.1) is 5.92 Å². The normalized spacial score (nSPS) is 16.4. The first kappa shape index (κ1) is 19.6. The van der Waals surface area contributed by atoms with Gasteiger partial charge in [0.05, 0.1) is 6.33 Å². The van der Waals surface area contributed by atoms with Gasteiger partial charge in [-0.25, -0.2) is 13.4 Å². The Morgan fingerprint density at radius 3 is 2.56 bits per heavy atom. The van der Waals surface area contributed by atoms with Crippen molar-refractivity contribution < 1.29 is 13.2 Å². The molecule has 0 spiro atoms. The molecule has 146 valence electrons. The van der Waals surface area contributed by atoms with E-state index in [1.54, 1.807) is 10.8 Å². The van der Waals surface area contributed by atoms with Crippen molar-refractivity contribution in [3.63, 3.8) is 0 Å². The van der Waals surface area contributed by atoms with Crippen LogP contribution in [-0.4, -0.2) is 41.3 Å². The standard InChI is InChI=1S/C19H26N4O3S/c1-3-15-7-5-6-8-17(15)21-19(24)16-9-11-23(12-10-16)27(25,26)18-13-22(4-2)14-20-18/h5-8,13-14,16H,3-4,9-12H2,1-2H3,(H,21,24). The molecule has 0 radical (unpaired) electrons. The van der Waals surface area contributed by atoms with Gasteiger partial charge in [0.1, 0.15) is 0 Å². The van der Waals surface area contributed by atoms with E-state index in [2.05, 4.69) is 10.3 Å². The Bertz CT molecular complexity index is 899. The zero-order valence-corrected chi connectivity index (χ0v) is 16.6. The molecule has 1 saturated heterocycles. The molecule has 1 fully saturated rings. The van der Waals surface area contributed by atoms with Crippen LogP contribution in [-0.2, 0) is 27.8 Å². The number of nitrogens with one attached hydrogen (secondary N) is 1.